The van der Waals surface area contributed by atoms with Crippen LogP contribution in [-0.2, 0) is 14.4 Å². The highest BCUT2D eigenvalue weighted by atomic mass is 16.5. The molecule has 112 valence electrons. The lowest BCUT2D eigenvalue weighted by Crippen LogP contribution is -2.43. The Morgan fingerprint density at radius 3 is 2.62 bits per heavy atom. The second kappa shape index (κ2) is 6.49. The van der Waals surface area contributed by atoms with Crippen molar-refractivity contribution in [2.45, 2.75) is 38.6 Å². The topological polar surface area (TPSA) is 77.9 Å². The quantitative estimate of drug-likeness (QED) is 0.509. The van der Waals surface area contributed by atoms with Gasteiger partial charge in [0.05, 0.1) is 12.1 Å². The van der Waals surface area contributed by atoms with Crippen molar-refractivity contribution < 1.29 is 19.6 Å². The van der Waals surface area contributed by atoms with Crippen molar-refractivity contribution >= 4 is 23.4 Å². The highest BCUT2D eigenvalue weighted by Crippen LogP contribution is 2.25. The van der Waals surface area contributed by atoms with Crippen molar-refractivity contribution in [2.75, 3.05) is 4.90 Å². The van der Waals surface area contributed by atoms with Gasteiger partial charge in [0.15, 0.2) is 0 Å². The van der Waals surface area contributed by atoms with E-state index in [1.54, 1.807) is 30.3 Å². The number of hydroxylamine groups is 2. The molecule has 6 nitrogen and oxygen atoms in total. The van der Waals surface area contributed by atoms with Gasteiger partial charge in [-0.15, -0.1) is 0 Å². The third-order valence-corrected chi connectivity index (χ3v) is 3.43. The molecule has 1 N–H and O–H groups in total. The zero-order valence-corrected chi connectivity index (χ0v) is 11.9. The SMILES string of the molecule is CCCCC(=O)N(O)C1CC(=O)N(c2ccccc2)C1=O. The van der Waals surface area contributed by atoms with E-state index in [0.717, 1.165) is 11.3 Å². The first-order valence-electron chi connectivity index (χ1n) is 6.99. The predicted molar refractivity (Wildman–Crippen MR) is 75.5 cm³/mol. The van der Waals surface area contributed by atoms with Crippen molar-refractivity contribution in [1.82, 2.24) is 5.06 Å². The predicted octanol–water partition coefficient (Wildman–Crippen LogP) is 1.73. The van der Waals surface area contributed by atoms with Gasteiger partial charge in [0, 0.05) is 6.42 Å². The fourth-order valence-electron chi connectivity index (χ4n) is 2.27. The van der Waals surface area contributed by atoms with Gasteiger partial charge in [0.1, 0.15) is 6.04 Å². The molecule has 1 aliphatic heterocycles. The van der Waals surface area contributed by atoms with Crippen LogP contribution in [0.5, 0.6) is 0 Å². The summed E-state index contributed by atoms with van der Waals surface area (Å²) in [5.74, 6) is -1.52. The molecule has 2 rings (SSSR count). The van der Waals surface area contributed by atoms with E-state index in [-0.39, 0.29) is 12.8 Å². The van der Waals surface area contributed by atoms with Gasteiger partial charge in [0.25, 0.3) is 5.91 Å². The highest BCUT2D eigenvalue weighted by molar-refractivity contribution is 6.22. The monoisotopic (exact) mass is 290 g/mol. The van der Waals surface area contributed by atoms with Gasteiger partial charge in [0.2, 0.25) is 11.8 Å². The normalized spacial score (nSPS) is 18.2. The number of hydrogen-bond donors (Lipinski definition) is 1. The number of amides is 3. The molecule has 0 bridgehead atoms. The molecule has 0 saturated carbocycles. The molecule has 1 unspecified atom stereocenters. The van der Waals surface area contributed by atoms with E-state index in [9.17, 15) is 19.6 Å². The van der Waals surface area contributed by atoms with Crippen LogP contribution in [0.3, 0.4) is 0 Å². The number of carbonyl (C=O) groups excluding carboxylic acids is 3. The van der Waals surface area contributed by atoms with Gasteiger partial charge >= 0.3 is 0 Å². The number of para-hydroxylation sites is 1. The summed E-state index contributed by atoms with van der Waals surface area (Å²) in [7, 11) is 0. The van der Waals surface area contributed by atoms with Crippen LogP contribution in [-0.4, -0.2) is 34.0 Å². The van der Waals surface area contributed by atoms with Crippen LogP contribution in [0.15, 0.2) is 30.3 Å². The summed E-state index contributed by atoms with van der Waals surface area (Å²) in [6.45, 7) is 1.93. The van der Waals surface area contributed by atoms with E-state index in [1.807, 2.05) is 6.92 Å². The molecule has 0 aliphatic carbocycles. The molecule has 1 heterocycles. The molecule has 6 heteroatoms. The van der Waals surface area contributed by atoms with E-state index in [1.165, 1.54) is 0 Å². The smallest absolute Gasteiger partial charge is 0.259 e. The molecule has 1 atom stereocenters. The Labute approximate surface area is 122 Å². The molecule has 1 aliphatic rings. The van der Waals surface area contributed by atoms with Crippen molar-refractivity contribution in [3.05, 3.63) is 30.3 Å². The number of carbonyl (C=O) groups is 3. The van der Waals surface area contributed by atoms with Crippen molar-refractivity contribution in [3.63, 3.8) is 0 Å². The third kappa shape index (κ3) is 3.11. The molecule has 1 fully saturated rings. The Morgan fingerprint density at radius 2 is 2.00 bits per heavy atom. The van der Waals surface area contributed by atoms with Crippen LogP contribution in [0.4, 0.5) is 5.69 Å². The average Bonchev–Trinajstić information content (AvgIpc) is 2.79. The van der Waals surface area contributed by atoms with E-state index < -0.39 is 23.8 Å². The van der Waals surface area contributed by atoms with Crippen LogP contribution < -0.4 is 4.90 Å². The molecule has 0 aromatic heterocycles. The first-order valence-corrected chi connectivity index (χ1v) is 6.99. The molecular formula is C15H18N2O4. The lowest BCUT2D eigenvalue weighted by atomic mass is 10.2. The number of hydrogen-bond acceptors (Lipinski definition) is 4. The number of benzene rings is 1. The van der Waals surface area contributed by atoms with E-state index in [4.69, 9.17) is 0 Å². The molecule has 1 saturated heterocycles. The van der Waals surface area contributed by atoms with Crippen LogP contribution in [0.2, 0.25) is 0 Å². The summed E-state index contributed by atoms with van der Waals surface area (Å²) >= 11 is 0. The highest BCUT2D eigenvalue weighted by Gasteiger charge is 2.44. The lowest BCUT2D eigenvalue weighted by molar-refractivity contribution is -0.177. The van der Waals surface area contributed by atoms with Gasteiger partial charge in [-0.1, -0.05) is 31.5 Å². The minimum atomic E-state index is -1.12. The number of nitrogens with zero attached hydrogens (tertiary/aromatic N) is 2. The summed E-state index contributed by atoms with van der Waals surface area (Å²) in [6.07, 6.45) is 1.42. The number of imide groups is 1. The van der Waals surface area contributed by atoms with Gasteiger partial charge < -0.3 is 0 Å². The molecule has 0 spiro atoms. The minimum Gasteiger partial charge on any atom is -0.285 e. The van der Waals surface area contributed by atoms with E-state index in [0.29, 0.717) is 17.2 Å². The summed E-state index contributed by atoms with van der Waals surface area (Å²) in [5, 5.41) is 10.3. The maximum absolute atomic E-state index is 12.3. The first-order chi connectivity index (χ1) is 10.1. The van der Waals surface area contributed by atoms with E-state index >= 15 is 0 Å². The third-order valence-electron chi connectivity index (χ3n) is 3.43. The molecule has 1 aromatic rings. The number of unbranched alkanes of at least 4 members (excludes halogenated alkanes) is 1. The summed E-state index contributed by atoms with van der Waals surface area (Å²) in [5.41, 5.74) is 0.449. The Morgan fingerprint density at radius 1 is 1.33 bits per heavy atom. The van der Waals surface area contributed by atoms with Crippen LogP contribution in [0.25, 0.3) is 0 Å². The summed E-state index contributed by atoms with van der Waals surface area (Å²) in [4.78, 5) is 37.1. The number of anilines is 1. The summed E-state index contributed by atoms with van der Waals surface area (Å²) < 4.78 is 0. The van der Waals surface area contributed by atoms with Gasteiger partial charge in [-0.05, 0) is 18.6 Å². The Bertz CT molecular complexity index is 544. The van der Waals surface area contributed by atoms with Crippen LogP contribution in [0.1, 0.15) is 32.6 Å². The second-order valence-corrected chi connectivity index (χ2v) is 4.96. The Balaban J connectivity index is 2.13. The zero-order chi connectivity index (χ0) is 15.4. The minimum absolute atomic E-state index is 0.163. The van der Waals surface area contributed by atoms with Gasteiger partial charge in [-0.2, -0.15) is 0 Å². The van der Waals surface area contributed by atoms with Crippen molar-refractivity contribution in [2.24, 2.45) is 0 Å². The van der Waals surface area contributed by atoms with Crippen molar-refractivity contribution in [1.29, 1.82) is 0 Å². The maximum Gasteiger partial charge on any atom is 0.259 e. The zero-order valence-electron chi connectivity index (χ0n) is 11.9. The molecule has 1 aromatic carbocycles. The van der Waals surface area contributed by atoms with Gasteiger partial charge in [-0.3, -0.25) is 19.6 Å². The van der Waals surface area contributed by atoms with Gasteiger partial charge in [-0.25, -0.2) is 9.96 Å². The fourth-order valence-corrected chi connectivity index (χ4v) is 2.27. The Hall–Kier alpha value is -2.21. The molecule has 21 heavy (non-hydrogen) atoms. The van der Waals surface area contributed by atoms with Crippen LogP contribution >= 0.6 is 0 Å². The standard InChI is InChI=1S/C15H18N2O4/c1-2-3-9-13(18)17(21)12-10-14(19)16(15(12)20)11-7-5-4-6-8-11/h4-8,12,21H,2-3,9-10H2,1H3. The first kappa shape index (κ1) is 15.2. The molecule has 3 amide bonds. The summed E-state index contributed by atoms with van der Waals surface area (Å²) in [6, 6.07) is 7.36. The van der Waals surface area contributed by atoms with E-state index in [2.05, 4.69) is 0 Å². The molecular weight excluding hydrogens is 272 g/mol. The Kier molecular flexibility index (Phi) is 4.70. The lowest BCUT2D eigenvalue weighted by Gasteiger charge is -2.21. The average molecular weight is 290 g/mol. The van der Waals surface area contributed by atoms with Crippen LogP contribution in [0, 0.1) is 0 Å². The fraction of sp³-hybridized carbons (Fsp3) is 0.400. The number of rotatable bonds is 5. The largest absolute Gasteiger partial charge is 0.285 e. The second-order valence-electron chi connectivity index (χ2n) is 4.96. The molecule has 0 radical (unpaired) electrons. The van der Waals surface area contributed by atoms with Crippen molar-refractivity contribution in [3.8, 4) is 0 Å². The maximum atomic E-state index is 12.3.